The Hall–Kier alpha value is 0. The van der Waals surface area contributed by atoms with Gasteiger partial charge in [0.2, 0.25) is 0 Å². The van der Waals surface area contributed by atoms with Crippen LogP contribution < -0.4 is 0 Å². The standard InChI is InChI=1S/8CH4.H2/h8*1H4;1H/i;;;;;;;;1+1. The van der Waals surface area contributed by atoms with Gasteiger partial charge >= 0.3 is 0 Å². The number of hydrogen-bond donors (Lipinski definition) is 0. The molecule has 0 heteroatoms. The van der Waals surface area contributed by atoms with Crippen LogP contribution in [-0.4, -0.2) is 0 Å². The zero-order chi connectivity index (χ0) is 0. The summed E-state index contributed by atoms with van der Waals surface area (Å²) in [4.78, 5) is 0. The molecule has 0 aromatic carbocycles. The monoisotopic (exact) mass is 131 g/mol. The van der Waals surface area contributed by atoms with Crippen LogP contribution >= 0.6 is 0 Å². The van der Waals surface area contributed by atoms with Gasteiger partial charge < -0.3 is 0 Å². The molecule has 66 valence electrons. The van der Waals surface area contributed by atoms with E-state index in [-0.39, 0.29) is 60.8 Å². The van der Waals surface area contributed by atoms with Gasteiger partial charge in [0.15, 0.2) is 0 Å². The zero-order valence-electron chi connectivity index (χ0n) is 0. The van der Waals surface area contributed by atoms with Crippen molar-refractivity contribution >= 4 is 0 Å². The minimum Gasteiger partial charge on any atom is -0.0776 e. The summed E-state index contributed by atoms with van der Waals surface area (Å²) >= 11 is 0. The van der Waals surface area contributed by atoms with Crippen LogP contribution in [0, 0.1) is 0 Å². The van der Waals surface area contributed by atoms with E-state index in [1.165, 1.54) is 0 Å². The van der Waals surface area contributed by atoms with Crippen molar-refractivity contribution in [1.82, 2.24) is 0 Å². The number of rotatable bonds is 0. The molecule has 0 spiro atoms. The van der Waals surface area contributed by atoms with Gasteiger partial charge in [-0.15, -0.1) is 0 Å². The van der Waals surface area contributed by atoms with E-state index in [9.17, 15) is 0 Å². The molecule has 0 unspecified atom stereocenters. The van der Waals surface area contributed by atoms with Gasteiger partial charge in [-0.05, 0) is 0 Å². The van der Waals surface area contributed by atoms with Crippen LogP contribution in [0.4, 0.5) is 0 Å². The highest BCUT2D eigenvalue weighted by atomic mass is 12.0. The smallest absolute Gasteiger partial charge is 0 e. The predicted octanol–water partition coefficient (Wildman–Crippen LogP) is 5.33. The van der Waals surface area contributed by atoms with Gasteiger partial charge in [0, 0.05) is 1.43 Å². The fraction of sp³-hybridized carbons (Fsp3) is 1.00. The van der Waals surface area contributed by atoms with Crippen LogP contribution in [0.25, 0.3) is 0 Å². The third-order valence-corrected chi connectivity index (χ3v) is 0. The Morgan fingerprint density at radius 2 is 0.250 bits per heavy atom. The molecule has 0 rings (SSSR count). The predicted molar refractivity (Wildman–Crippen MR) is 56.0 cm³/mol. The van der Waals surface area contributed by atoms with Crippen LogP contribution in [0.5, 0.6) is 0 Å². The van der Waals surface area contributed by atoms with Crippen molar-refractivity contribution in [2.45, 2.75) is 59.4 Å². The molecule has 0 fully saturated rings. The Labute approximate surface area is 61.8 Å². The van der Waals surface area contributed by atoms with Crippen LogP contribution in [-0.2, 0) is 0 Å². The quantitative estimate of drug-likeness (QED) is 0.416. The van der Waals surface area contributed by atoms with Crippen LogP contribution in [0.2, 0.25) is 0 Å². The van der Waals surface area contributed by atoms with Gasteiger partial charge in [-0.3, -0.25) is 0 Å². The first kappa shape index (κ1) is 0. The van der Waals surface area contributed by atoms with Crippen LogP contribution in [0.3, 0.4) is 0 Å². The number of hydrogen-bond acceptors (Lipinski definition) is 0. The van der Waals surface area contributed by atoms with Gasteiger partial charge in [0.25, 0.3) is 0 Å². The normalized spacial score (nSPS) is 0. The van der Waals surface area contributed by atoms with Gasteiger partial charge in [0.1, 0.15) is 0 Å². The molecule has 0 bridgehead atoms. The first-order chi connectivity index (χ1) is 0. The molecule has 0 atom stereocenters. The van der Waals surface area contributed by atoms with Crippen molar-refractivity contribution in [1.29, 1.82) is 0 Å². The molecule has 0 radical (unpaired) electrons. The van der Waals surface area contributed by atoms with Crippen molar-refractivity contribution in [3.8, 4) is 0 Å². The maximum absolute atomic E-state index is 0. The molecule has 0 aliphatic heterocycles. The second-order valence-corrected chi connectivity index (χ2v) is 0. The van der Waals surface area contributed by atoms with Crippen LogP contribution in [0.15, 0.2) is 0 Å². The Morgan fingerprint density at radius 1 is 0.250 bits per heavy atom. The zero-order valence-corrected chi connectivity index (χ0v) is 0. The molecule has 0 heterocycles. The Kier molecular flexibility index (Phi) is 0. The van der Waals surface area contributed by atoms with Crippen molar-refractivity contribution in [3.05, 3.63) is 0 Å². The molecule has 0 aromatic rings. The van der Waals surface area contributed by atoms with Gasteiger partial charge in [-0.1, -0.05) is 59.4 Å². The molecule has 0 aliphatic carbocycles. The summed E-state index contributed by atoms with van der Waals surface area (Å²) < 4.78 is 0. The lowest BCUT2D eigenvalue weighted by molar-refractivity contribution is 2.50. The molecule has 0 saturated carbocycles. The third kappa shape index (κ3) is 0. The van der Waals surface area contributed by atoms with E-state index in [4.69, 9.17) is 0 Å². The SMILES string of the molecule is C.C.C.C.C.C.C.C.[2HH]. The minimum absolute atomic E-state index is 0. The third-order valence-electron chi connectivity index (χ3n) is 0. The van der Waals surface area contributed by atoms with Crippen LogP contribution in [0.1, 0.15) is 60.8 Å². The first-order valence-electron chi connectivity index (χ1n) is 0. The van der Waals surface area contributed by atoms with E-state index in [0.29, 0.717) is 0 Å². The fourth-order valence-electron chi connectivity index (χ4n) is 0. The van der Waals surface area contributed by atoms with Crippen molar-refractivity contribution in [2.75, 3.05) is 0 Å². The lowest BCUT2D eigenvalue weighted by Crippen LogP contribution is 0.143. The summed E-state index contributed by atoms with van der Waals surface area (Å²) in [6.45, 7) is 0. The molecule has 0 saturated heterocycles. The average Bonchev–Trinajstić information content (AvgIpc) is 0. The lowest BCUT2D eigenvalue weighted by atomic mass is 12.0. The minimum atomic E-state index is 0. The average molecular weight is 131 g/mol. The van der Waals surface area contributed by atoms with Gasteiger partial charge in [-0.2, -0.15) is 0 Å². The van der Waals surface area contributed by atoms with E-state index in [2.05, 4.69) is 0 Å². The molecule has 8 heavy (non-hydrogen) atoms. The fourth-order valence-corrected chi connectivity index (χ4v) is 0. The Balaban J connectivity index is 0. The molecular formula is C8H34. The van der Waals surface area contributed by atoms with Gasteiger partial charge in [-0.25, -0.2) is 0 Å². The summed E-state index contributed by atoms with van der Waals surface area (Å²) in [5.41, 5.74) is 0. The van der Waals surface area contributed by atoms with E-state index in [1.807, 2.05) is 0 Å². The highest BCUT2D eigenvalue weighted by Gasteiger charge is -0.0706. The molecule has 0 aliphatic rings. The Bertz CT molecular complexity index is 4.53. The molecular weight excluding hydrogens is 96.1 g/mol. The van der Waals surface area contributed by atoms with Crippen molar-refractivity contribution in [2.24, 2.45) is 0 Å². The second kappa shape index (κ2) is 0. The molecule has 0 amide bonds. The lowest BCUT2D eigenvalue weighted by Gasteiger charge is -0.0786. The second-order valence-electron chi connectivity index (χ2n) is 0. The topological polar surface area (TPSA) is 0 Å². The highest BCUT2D eigenvalue weighted by molar-refractivity contribution is 2.51. The van der Waals surface area contributed by atoms with Crippen molar-refractivity contribution < 1.29 is 1.43 Å². The van der Waals surface area contributed by atoms with E-state index in [1.54, 1.807) is 0 Å². The highest BCUT2D eigenvalue weighted by Crippen LogP contribution is 0.151. The molecule has 0 N–H and O–H groups in total. The molecule has 0 aromatic heterocycles. The van der Waals surface area contributed by atoms with Gasteiger partial charge in [0.05, 0.1) is 0 Å². The van der Waals surface area contributed by atoms with E-state index < -0.39 is 0 Å². The summed E-state index contributed by atoms with van der Waals surface area (Å²) in [7, 11) is 0. The van der Waals surface area contributed by atoms with Crippen molar-refractivity contribution in [3.63, 3.8) is 0 Å². The Morgan fingerprint density at radius 3 is 0.250 bits per heavy atom. The molecule has 0 nitrogen and oxygen atoms in total. The van der Waals surface area contributed by atoms with E-state index in [0.717, 1.165) is 0 Å². The maximum atomic E-state index is 0. The first-order valence-corrected chi connectivity index (χ1v) is 0. The maximum Gasteiger partial charge on any atom is 0 e. The summed E-state index contributed by atoms with van der Waals surface area (Å²) in [5.74, 6) is 0. The van der Waals surface area contributed by atoms with E-state index >= 15 is 0 Å². The largest absolute Gasteiger partial charge is 0.0776 e. The summed E-state index contributed by atoms with van der Waals surface area (Å²) in [6, 6.07) is 0. The summed E-state index contributed by atoms with van der Waals surface area (Å²) in [6.07, 6.45) is 0. The summed E-state index contributed by atoms with van der Waals surface area (Å²) in [5, 5.41) is 0.